The molecular formula is C34H33N5O2S. The standard InChI is InChI=1S/C34H33N5O2S/c1-25(40)30-10-5-11-31(19-30)38-34(41)39(18-16-27-9-6-17-35-20-27)23-32-24-42-33(37-32)29-14-12-28(13-15-29)22-36-21-26-7-3-2-4-8-26/h2-15,17,19-20,24,36H,16,18,21-23H2,1H3,(H,38,41). The Bertz CT molecular complexity index is 1600. The molecular weight excluding hydrogens is 542 g/mol. The number of hydrogen-bond donors (Lipinski definition) is 2. The van der Waals surface area contributed by atoms with Crippen LogP contribution in [0, 0.1) is 0 Å². The fourth-order valence-electron chi connectivity index (χ4n) is 4.50. The molecule has 0 bridgehead atoms. The van der Waals surface area contributed by atoms with Crippen molar-refractivity contribution >= 4 is 28.8 Å². The van der Waals surface area contributed by atoms with E-state index in [1.807, 2.05) is 29.8 Å². The van der Waals surface area contributed by atoms with Gasteiger partial charge in [-0.15, -0.1) is 11.3 Å². The lowest BCUT2D eigenvalue weighted by Gasteiger charge is -2.22. The smallest absolute Gasteiger partial charge is 0.318 e. The fraction of sp³-hybridized carbons (Fsp3) is 0.176. The number of carbonyl (C=O) groups is 2. The first-order valence-electron chi connectivity index (χ1n) is 13.9. The Labute approximate surface area is 250 Å². The summed E-state index contributed by atoms with van der Waals surface area (Å²) in [5.74, 6) is -0.0500. The van der Waals surface area contributed by atoms with Crippen LogP contribution >= 0.6 is 11.3 Å². The molecule has 0 unspecified atom stereocenters. The second-order valence-corrected chi connectivity index (χ2v) is 10.9. The normalized spacial score (nSPS) is 10.8. The maximum absolute atomic E-state index is 13.4. The van der Waals surface area contributed by atoms with Crippen LogP contribution in [0.15, 0.2) is 109 Å². The van der Waals surface area contributed by atoms with Crippen LogP contribution in [0.1, 0.15) is 39.7 Å². The average Bonchev–Trinajstić information content (AvgIpc) is 3.49. The van der Waals surface area contributed by atoms with Crippen molar-refractivity contribution < 1.29 is 9.59 Å². The van der Waals surface area contributed by atoms with Gasteiger partial charge >= 0.3 is 6.03 Å². The summed E-state index contributed by atoms with van der Waals surface area (Å²) in [7, 11) is 0. The van der Waals surface area contributed by atoms with Crippen molar-refractivity contribution in [2.75, 3.05) is 11.9 Å². The van der Waals surface area contributed by atoms with Crippen LogP contribution in [-0.4, -0.2) is 33.2 Å². The molecule has 3 aromatic carbocycles. The summed E-state index contributed by atoms with van der Waals surface area (Å²) in [5, 5.41) is 9.36. The van der Waals surface area contributed by atoms with Crippen molar-refractivity contribution in [2.45, 2.75) is 33.0 Å². The van der Waals surface area contributed by atoms with Crippen molar-refractivity contribution in [3.05, 3.63) is 137 Å². The molecule has 2 amide bonds. The minimum atomic E-state index is -0.249. The van der Waals surface area contributed by atoms with Crippen LogP contribution in [0.5, 0.6) is 0 Å². The number of carbonyl (C=O) groups excluding carboxylic acids is 2. The maximum atomic E-state index is 13.4. The van der Waals surface area contributed by atoms with E-state index in [2.05, 4.69) is 64.1 Å². The molecule has 0 aliphatic carbocycles. The minimum Gasteiger partial charge on any atom is -0.318 e. The number of amides is 2. The van der Waals surface area contributed by atoms with Gasteiger partial charge in [0.05, 0.1) is 12.2 Å². The number of nitrogens with one attached hydrogen (secondary N) is 2. The number of urea groups is 1. The number of benzene rings is 3. The molecule has 0 spiro atoms. The Morgan fingerprint density at radius 2 is 1.62 bits per heavy atom. The lowest BCUT2D eigenvalue weighted by atomic mass is 10.1. The molecule has 2 aromatic heterocycles. The number of anilines is 1. The van der Waals surface area contributed by atoms with Gasteiger partial charge in [-0.05, 0) is 48.2 Å². The fourth-order valence-corrected chi connectivity index (χ4v) is 5.32. The summed E-state index contributed by atoms with van der Waals surface area (Å²) >= 11 is 1.57. The summed E-state index contributed by atoms with van der Waals surface area (Å²) in [6.45, 7) is 3.97. The number of thiazole rings is 1. The predicted octanol–water partition coefficient (Wildman–Crippen LogP) is 6.97. The van der Waals surface area contributed by atoms with E-state index in [-0.39, 0.29) is 11.8 Å². The number of nitrogens with zero attached hydrogens (tertiary/aromatic N) is 3. The van der Waals surface area contributed by atoms with Gasteiger partial charge in [0.1, 0.15) is 5.01 Å². The SMILES string of the molecule is CC(=O)c1cccc(NC(=O)N(CCc2cccnc2)Cc2csc(-c3ccc(CNCc4ccccc4)cc3)n2)c1. The number of rotatable bonds is 12. The molecule has 0 saturated heterocycles. The van der Waals surface area contributed by atoms with E-state index in [1.165, 1.54) is 18.1 Å². The van der Waals surface area contributed by atoms with Crippen LogP contribution in [0.3, 0.4) is 0 Å². The molecule has 42 heavy (non-hydrogen) atoms. The first-order chi connectivity index (χ1) is 20.5. The van der Waals surface area contributed by atoms with Gasteiger partial charge in [0.2, 0.25) is 0 Å². The third-order valence-corrected chi connectivity index (χ3v) is 7.75. The van der Waals surface area contributed by atoms with E-state index in [1.54, 1.807) is 46.7 Å². The monoisotopic (exact) mass is 575 g/mol. The van der Waals surface area contributed by atoms with E-state index in [4.69, 9.17) is 4.98 Å². The van der Waals surface area contributed by atoms with Gasteiger partial charge in [0.25, 0.3) is 0 Å². The summed E-state index contributed by atoms with van der Waals surface area (Å²) in [5.41, 5.74) is 6.52. The van der Waals surface area contributed by atoms with Gasteiger partial charge in [0, 0.05) is 54.2 Å². The Balaban J connectivity index is 1.23. The molecule has 0 saturated carbocycles. The first-order valence-corrected chi connectivity index (χ1v) is 14.8. The van der Waals surface area contributed by atoms with Crippen LogP contribution < -0.4 is 10.6 Å². The average molecular weight is 576 g/mol. The highest BCUT2D eigenvalue weighted by Crippen LogP contribution is 2.25. The van der Waals surface area contributed by atoms with Crippen LogP contribution in [0.4, 0.5) is 10.5 Å². The Kier molecular flexibility index (Phi) is 9.82. The molecule has 0 aliphatic heterocycles. The molecule has 5 rings (SSSR count). The molecule has 7 nitrogen and oxygen atoms in total. The second-order valence-electron chi connectivity index (χ2n) is 10.0. The molecule has 2 heterocycles. The molecule has 8 heteroatoms. The largest absolute Gasteiger partial charge is 0.322 e. The zero-order chi connectivity index (χ0) is 29.1. The van der Waals surface area contributed by atoms with E-state index in [0.717, 1.165) is 34.9 Å². The highest BCUT2D eigenvalue weighted by atomic mass is 32.1. The molecule has 0 fully saturated rings. The van der Waals surface area contributed by atoms with Crippen molar-refractivity contribution in [3.8, 4) is 10.6 Å². The van der Waals surface area contributed by atoms with E-state index >= 15 is 0 Å². The maximum Gasteiger partial charge on any atom is 0.322 e. The first kappa shape index (κ1) is 28.9. The molecule has 2 N–H and O–H groups in total. The third-order valence-electron chi connectivity index (χ3n) is 6.81. The van der Waals surface area contributed by atoms with E-state index in [9.17, 15) is 9.59 Å². The lowest BCUT2D eigenvalue weighted by molar-refractivity contribution is 0.101. The van der Waals surface area contributed by atoms with Gasteiger partial charge in [-0.3, -0.25) is 9.78 Å². The van der Waals surface area contributed by atoms with Crippen molar-refractivity contribution in [2.24, 2.45) is 0 Å². The van der Waals surface area contributed by atoms with Gasteiger partial charge < -0.3 is 15.5 Å². The number of hydrogen-bond acceptors (Lipinski definition) is 6. The van der Waals surface area contributed by atoms with Gasteiger partial charge in [-0.25, -0.2) is 9.78 Å². The predicted molar refractivity (Wildman–Crippen MR) is 168 cm³/mol. The zero-order valence-corrected chi connectivity index (χ0v) is 24.3. The van der Waals surface area contributed by atoms with Gasteiger partial charge in [-0.1, -0.05) is 72.8 Å². The zero-order valence-electron chi connectivity index (χ0n) is 23.5. The van der Waals surface area contributed by atoms with Crippen molar-refractivity contribution in [1.82, 2.24) is 20.2 Å². The van der Waals surface area contributed by atoms with Crippen molar-refractivity contribution in [1.29, 1.82) is 0 Å². The quantitative estimate of drug-likeness (QED) is 0.157. The molecule has 0 atom stereocenters. The minimum absolute atomic E-state index is 0.0500. The second kappa shape index (κ2) is 14.3. The molecule has 0 radical (unpaired) electrons. The van der Waals surface area contributed by atoms with E-state index < -0.39 is 0 Å². The van der Waals surface area contributed by atoms with Gasteiger partial charge in [-0.2, -0.15) is 0 Å². The molecule has 212 valence electrons. The summed E-state index contributed by atoms with van der Waals surface area (Å²) in [6.07, 6.45) is 4.21. The third kappa shape index (κ3) is 8.19. The Morgan fingerprint density at radius 1 is 0.857 bits per heavy atom. The summed E-state index contributed by atoms with van der Waals surface area (Å²) in [6, 6.07) is 29.4. The number of aromatic nitrogens is 2. The highest BCUT2D eigenvalue weighted by molar-refractivity contribution is 7.13. The van der Waals surface area contributed by atoms with Crippen LogP contribution in [-0.2, 0) is 26.1 Å². The van der Waals surface area contributed by atoms with Gasteiger partial charge in [0.15, 0.2) is 5.78 Å². The number of Topliss-reactive ketones (excluding diaryl/α,β-unsaturated/α-hetero) is 1. The summed E-state index contributed by atoms with van der Waals surface area (Å²) in [4.78, 5) is 36.0. The lowest BCUT2D eigenvalue weighted by Crippen LogP contribution is -2.36. The Hall–Kier alpha value is -4.66. The number of pyridine rings is 1. The van der Waals surface area contributed by atoms with Crippen LogP contribution in [0.25, 0.3) is 10.6 Å². The Morgan fingerprint density at radius 3 is 2.36 bits per heavy atom. The highest BCUT2D eigenvalue weighted by Gasteiger charge is 2.17. The van der Waals surface area contributed by atoms with Crippen LogP contribution in [0.2, 0.25) is 0 Å². The topological polar surface area (TPSA) is 87.2 Å². The van der Waals surface area contributed by atoms with Crippen molar-refractivity contribution in [3.63, 3.8) is 0 Å². The molecule has 0 aliphatic rings. The van der Waals surface area contributed by atoms with E-state index in [0.29, 0.717) is 30.8 Å². The molecule has 5 aromatic rings. The number of ketones is 1. The summed E-state index contributed by atoms with van der Waals surface area (Å²) < 4.78 is 0.